The molecule has 0 amide bonds. The molecule has 7 nitrogen and oxygen atoms in total. The van der Waals surface area contributed by atoms with Crippen LogP contribution in [0.1, 0.15) is 38.8 Å². The summed E-state index contributed by atoms with van der Waals surface area (Å²) in [5, 5.41) is 13.7. The van der Waals surface area contributed by atoms with Gasteiger partial charge in [0.25, 0.3) is 0 Å². The molecule has 1 heterocycles. The largest absolute Gasteiger partial charge is 0.385 e. The zero-order chi connectivity index (χ0) is 25.0. The van der Waals surface area contributed by atoms with Gasteiger partial charge in [0.2, 0.25) is 0 Å². The highest BCUT2D eigenvalue weighted by Gasteiger charge is 2.43. The van der Waals surface area contributed by atoms with Gasteiger partial charge in [-0.1, -0.05) is 43.3 Å². The van der Waals surface area contributed by atoms with Gasteiger partial charge in [-0.25, -0.2) is 4.99 Å². The first kappa shape index (κ1) is 27.9. The molecule has 0 radical (unpaired) electrons. The minimum absolute atomic E-state index is 0.0623. The van der Waals surface area contributed by atoms with Crippen molar-refractivity contribution in [1.82, 2.24) is 10.2 Å². The van der Waals surface area contributed by atoms with Crippen LogP contribution in [-0.2, 0) is 11.2 Å². The summed E-state index contributed by atoms with van der Waals surface area (Å²) in [6, 6.07) is 8.09. The third-order valence-corrected chi connectivity index (χ3v) is 5.71. The van der Waals surface area contributed by atoms with Crippen molar-refractivity contribution in [3.05, 3.63) is 59.3 Å². The number of aliphatic imine (C=N–C) groups is 3. The molecular weight excluding hydrogens is 450 g/mol. The number of likely N-dealkylation sites (tertiary alicyclic amines) is 1. The fraction of sp³-hybridized carbons (Fsp3) is 0.500. The molecule has 0 aliphatic carbocycles. The molecule has 8 heteroatoms. The van der Waals surface area contributed by atoms with E-state index in [1.807, 2.05) is 51.1 Å². The summed E-state index contributed by atoms with van der Waals surface area (Å²) in [6.07, 6.45) is 10.0. The average molecular weight is 488 g/mol. The number of halogens is 1. The number of aryl methyl sites for hydroxylation is 1. The van der Waals surface area contributed by atoms with Gasteiger partial charge in [-0.3, -0.25) is 14.9 Å². The molecule has 1 fully saturated rings. The van der Waals surface area contributed by atoms with Gasteiger partial charge in [-0.15, -0.1) is 11.6 Å². The number of ether oxygens (including phenoxy) is 1. The maximum Gasteiger partial charge on any atom is 0.133 e. The Hall–Kier alpha value is -2.32. The summed E-state index contributed by atoms with van der Waals surface area (Å²) in [4.78, 5) is 15.8. The average Bonchev–Trinajstić information content (AvgIpc) is 2.82. The number of β-amino-alcohol motifs (C(OH)–C–C–N with tert-alkyl or cyclic N) is 1. The number of benzene rings is 1. The minimum atomic E-state index is -0.770. The number of hydrogen-bond acceptors (Lipinski definition) is 5. The normalized spacial score (nSPS) is 19.1. The van der Waals surface area contributed by atoms with Crippen LogP contribution >= 0.6 is 11.6 Å². The van der Waals surface area contributed by atoms with Crippen LogP contribution in [0.25, 0.3) is 0 Å². The zero-order valence-corrected chi connectivity index (χ0v) is 21.7. The van der Waals surface area contributed by atoms with Gasteiger partial charge < -0.3 is 15.2 Å². The lowest BCUT2D eigenvalue weighted by Crippen LogP contribution is -2.65. The highest BCUT2D eigenvalue weighted by atomic mass is 35.5. The summed E-state index contributed by atoms with van der Waals surface area (Å²) >= 11 is 5.82. The number of methoxy groups -OCH3 is 1. The van der Waals surface area contributed by atoms with E-state index in [1.54, 1.807) is 19.7 Å². The Labute approximate surface area is 209 Å². The van der Waals surface area contributed by atoms with E-state index in [9.17, 15) is 5.11 Å². The predicted molar refractivity (Wildman–Crippen MR) is 143 cm³/mol. The van der Waals surface area contributed by atoms with E-state index in [1.165, 1.54) is 5.56 Å². The van der Waals surface area contributed by atoms with Gasteiger partial charge >= 0.3 is 0 Å². The third-order valence-electron chi connectivity index (χ3n) is 5.53. The van der Waals surface area contributed by atoms with Crippen LogP contribution in [0.15, 0.2) is 63.2 Å². The van der Waals surface area contributed by atoms with Crippen molar-refractivity contribution in [2.24, 2.45) is 15.0 Å². The monoisotopic (exact) mass is 487 g/mol. The second-order valence-corrected chi connectivity index (χ2v) is 8.72. The number of aliphatic hydroxyl groups is 1. The van der Waals surface area contributed by atoms with Gasteiger partial charge in [0.05, 0.1) is 12.6 Å². The first-order valence-electron chi connectivity index (χ1n) is 11.7. The lowest BCUT2D eigenvalue weighted by Gasteiger charge is -2.47. The topological polar surface area (TPSA) is 81.8 Å². The molecule has 2 unspecified atom stereocenters. The van der Waals surface area contributed by atoms with Crippen molar-refractivity contribution < 1.29 is 9.84 Å². The highest BCUT2D eigenvalue weighted by Crippen LogP contribution is 2.23. The predicted octanol–water partition coefficient (Wildman–Crippen LogP) is 3.81. The Morgan fingerprint density at radius 3 is 2.71 bits per heavy atom. The Kier molecular flexibility index (Phi) is 11.6. The van der Waals surface area contributed by atoms with Crippen molar-refractivity contribution in [2.75, 3.05) is 32.7 Å². The highest BCUT2D eigenvalue weighted by molar-refractivity contribution is 6.18. The van der Waals surface area contributed by atoms with E-state index in [0.29, 0.717) is 25.6 Å². The molecule has 0 spiro atoms. The number of nitrogens with zero attached hydrogens (tertiary/aromatic N) is 4. The molecular formula is C26H38ClN5O2. The van der Waals surface area contributed by atoms with Crippen LogP contribution in [0.2, 0.25) is 0 Å². The standard InChI is InChI=1S/C26H38ClN5O2/c1-6-22-11-8-9-13-24(22)25(31-23(7-2)12-10-14-27)30-20(3)15-28-19-29-21(4)32-16-26(33,17-32)18-34-5/h7-13,15,19-21,33H,6,14,16-18H2,1-5H3,(H,30,31)/b12-10-,23-7+,28-15?,29-19-. The molecule has 34 heavy (non-hydrogen) atoms. The van der Waals surface area contributed by atoms with Gasteiger partial charge in [-0.05, 0) is 38.8 Å². The van der Waals surface area contributed by atoms with E-state index in [4.69, 9.17) is 21.3 Å². The Balaban J connectivity index is 2.10. The molecule has 2 N–H and O–H groups in total. The summed E-state index contributed by atoms with van der Waals surface area (Å²) in [6.45, 7) is 9.50. The molecule has 1 aliphatic heterocycles. The minimum Gasteiger partial charge on any atom is -0.385 e. The van der Waals surface area contributed by atoms with E-state index in [0.717, 1.165) is 23.5 Å². The quantitative estimate of drug-likeness (QED) is 0.203. The first-order chi connectivity index (χ1) is 16.4. The molecule has 0 aromatic heterocycles. The number of rotatable bonds is 12. The van der Waals surface area contributed by atoms with Crippen LogP contribution in [0.4, 0.5) is 0 Å². The van der Waals surface area contributed by atoms with E-state index in [-0.39, 0.29) is 12.2 Å². The van der Waals surface area contributed by atoms with Gasteiger partial charge in [0.15, 0.2) is 0 Å². The Morgan fingerprint density at radius 1 is 1.32 bits per heavy atom. The second-order valence-electron chi connectivity index (χ2n) is 8.41. The molecule has 2 atom stereocenters. The van der Waals surface area contributed by atoms with Crippen LogP contribution in [0.3, 0.4) is 0 Å². The zero-order valence-electron chi connectivity index (χ0n) is 20.9. The molecule has 0 bridgehead atoms. The number of amidine groups is 1. The summed E-state index contributed by atoms with van der Waals surface area (Å²) in [5.41, 5.74) is 2.43. The Morgan fingerprint density at radius 2 is 2.06 bits per heavy atom. The second kappa shape index (κ2) is 14.2. The molecule has 1 aromatic carbocycles. The maximum absolute atomic E-state index is 10.2. The van der Waals surface area contributed by atoms with Crippen LogP contribution in [-0.4, -0.2) is 78.9 Å². The summed E-state index contributed by atoms with van der Waals surface area (Å²) in [5.74, 6) is 1.23. The SMILES string of the molecule is C/C=C(\C=C/CCl)NC(=NC(C)C=N/C=N\C(C)N1CC(O)(COC)C1)c1ccccc1CC. The van der Waals surface area contributed by atoms with Crippen molar-refractivity contribution in [2.45, 2.75) is 51.9 Å². The fourth-order valence-electron chi connectivity index (χ4n) is 3.71. The van der Waals surface area contributed by atoms with Crippen molar-refractivity contribution in [3.63, 3.8) is 0 Å². The van der Waals surface area contributed by atoms with E-state index < -0.39 is 5.60 Å². The number of nitrogens with one attached hydrogen (secondary N) is 1. The van der Waals surface area contributed by atoms with Gasteiger partial charge in [0.1, 0.15) is 23.9 Å². The molecule has 1 saturated heterocycles. The fourth-order valence-corrected chi connectivity index (χ4v) is 3.80. The molecule has 1 aromatic rings. The van der Waals surface area contributed by atoms with Crippen molar-refractivity contribution in [1.29, 1.82) is 0 Å². The van der Waals surface area contributed by atoms with Crippen molar-refractivity contribution in [3.8, 4) is 0 Å². The third kappa shape index (κ3) is 8.47. The van der Waals surface area contributed by atoms with Crippen LogP contribution in [0, 0.1) is 0 Å². The lowest BCUT2D eigenvalue weighted by atomic mass is 9.95. The van der Waals surface area contributed by atoms with E-state index in [2.05, 4.69) is 39.3 Å². The van der Waals surface area contributed by atoms with Gasteiger partial charge in [-0.2, -0.15) is 0 Å². The molecule has 186 valence electrons. The van der Waals surface area contributed by atoms with Gasteiger partial charge in [0, 0.05) is 43.6 Å². The number of allylic oxidation sites excluding steroid dienone is 3. The molecule has 0 saturated carbocycles. The smallest absolute Gasteiger partial charge is 0.133 e. The number of hydrogen-bond donors (Lipinski definition) is 2. The molecule has 1 aliphatic rings. The van der Waals surface area contributed by atoms with Crippen LogP contribution in [0.5, 0.6) is 0 Å². The Bertz CT molecular complexity index is 920. The van der Waals surface area contributed by atoms with Crippen molar-refractivity contribution >= 4 is 30.0 Å². The van der Waals surface area contributed by atoms with Crippen LogP contribution < -0.4 is 5.32 Å². The first-order valence-corrected chi connectivity index (χ1v) is 12.2. The summed E-state index contributed by atoms with van der Waals surface area (Å²) in [7, 11) is 1.60. The number of alkyl halides is 1. The maximum atomic E-state index is 10.2. The summed E-state index contributed by atoms with van der Waals surface area (Å²) < 4.78 is 5.06. The molecule has 2 rings (SSSR count). The van der Waals surface area contributed by atoms with E-state index >= 15 is 0 Å². The lowest BCUT2D eigenvalue weighted by molar-refractivity contribution is -0.143.